The Labute approximate surface area is 130 Å². The summed E-state index contributed by atoms with van der Waals surface area (Å²) in [5.41, 5.74) is 3.41. The molecule has 0 saturated carbocycles. The van der Waals surface area contributed by atoms with Crippen LogP contribution in [-0.4, -0.2) is 43.4 Å². The molecule has 0 fully saturated rings. The van der Waals surface area contributed by atoms with Gasteiger partial charge in [-0.15, -0.1) is 0 Å². The van der Waals surface area contributed by atoms with E-state index in [2.05, 4.69) is 0 Å². The molecule has 1 aromatic carbocycles. The molecule has 0 aliphatic heterocycles. The van der Waals surface area contributed by atoms with Crippen molar-refractivity contribution in [3.8, 4) is 0 Å². The number of benzene rings is 1. The number of aliphatic hydroxyl groups is 1. The molecule has 0 radical (unpaired) electrons. The predicted octanol–water partition coefficient (Wildman–Crippen LogP) is 1.85. The number of methoxy groups -OCH3 is 1. The van der Waals surface area contributed by atoms with Crippen molar-refractivity contribution in [3.05, 3.63) is 45.3 Å². The van der Waals surface area contributed by atoms with E-state index in [1.54, 1.807) is 7.11 Å². The average Bonchev–Trinajstić information content (AvgIpc) is 2.41. The third-order valence-electron chi connectivity index (χ3n) is 3.77. The number of nitrogens with zero attached hydrogens (tertiary/aromatic N) is 1. The fourth-order valence-electron chi connectivity index (χ4n) is 2.57. The zero-order valence-electron chi connectivity index (χ0n) is 13.5. The van der Waals surface area contributed by atoms with E-state index in [9.17, 15) is 9.90 Å². The van der Waals surface area contributed by atoms with Crippen LogP contribution in [-0.2, 0) is 11.3 Å². The number of hydrogen-bond acceptors (Lipinski definition) is 5. The van der Waals surface area contributed by atoms with Gasteiger partial charge in [0.05, 0.1) is 12.7 Å². The lowest BCUT2D eigenvalue weighted by atomic mass is 10.0. The highest BCUT2D eigenvalue weighted by Gasteiger charge is 2.12. The minimum Gasteiger partial charge on any atom is -0.423 e. The first-order chi connectivity index (χ1) is 10.4. The van der Waals surface area contributed by atoms with E-state index in [1.165, 1.54) is 6.07 Å². The lowest BCUT2D eigenvalue weighted by Gasteiger charge is -2.20. The first kappa shape index (κ1) is 16.7. The van der Waals surface area contributed by atoms with Gasteiger partial charge >= 0.3 is 5.63 Å². The molecule has 0 aliphatic carbocycles. The zero-order chi connectivity index (χ0) is 16.3. The molecule has 0 aliphatic rings. The molecule has 120 valence electrons. The third-order valence-corrected chi connectivity index (χ3v) is 3.77. The molecular formula is C17H23NO4. The number of ether oxygens (including phenoxy) is 1. The van der Waals surface area contributed by atoms with Crippen molar-refractivity contribution in [1.82, 2.24) is 4.90 Å². The fraction of sp³-hybridized carbons (Fsp3) is 0.471. The van der Waals surface area contributed by atoms with Gasteiger partial charge in [-0.2, -0.15) is 0 Å². The lowest BCUT2D eigenvalue weighted by molar-refractivity contribution is 0.0419. The molecule has 5 nitrogen and oxygen atoms in total. The van der Waals surface area contributed by atoms with Gasteiger partial charge in [0.1, 0.15) is 5.58 Å². The molecule has 0 saturated heterocycles. The summed E-state index contributed by atoms with van der Waals surface area (Å²) in [5, 5.41) is 10.7. The Hall–Kier alpha value is -1.69. The molecular weight excluding hydrogens is 282 g/mol. The highest BCUT2D eigenvalue weighted by Crippen LogP contribution is 2.22. The number of aliphatic hydroxyl groups excluding tert-OH is 1. The maximum absolute atomic E-state index is 11.8. The van der Waals surface area contributed by atoms with Gasteiger partial charge in [-0.3, -0.25) is 4.90 Å². The zero-order valence-corrected chi connectivity index (χ0v) is 13.5. The number of rotatable bonds is 6. The molecule has 5 heteroatoms. The molecule has 1 N–H and O–H groups in total. The topological polar surface area (TPSA) is 62.9 Å². The van der Waals surface area contributed by atoms with Crippen molar-refractivity contribution in [2.75, 3.05) is 27.3 Å². The minimum atomic E-state index is -0.551. The van der Waals surface area contributed by atoms with Gasteiger partial charge in [0.15, 0.2) is 0 Å². The van der Waals surface area contributed by atoms with Crippen molar-refractivity contribution >= 4 is 11.0 Å². The van der Waals surface area contributed by atoms with E-state index in [4.69, 9.17) is 9.15 Å². The Morgan fingerprint density at radius 1 is 1.27 bits per heavy atom. The highest BCUT2D eigenvalue weighted by molar-refractivity contribution is 5.81. The second-order valence-corrected chi connectivity index (χ2v) is 5.83. The highest BCUT2D eigenvalue weighted by atomic mass is 16.5. The summed E-state index contributed by atoms with van der Waals surface area (Å²) < 4.78 is 10.2. The standard InChI is InChI=1S/C17H23NO4/c1-11-5-15-13(8-18(3)9-14(19)10-21-4)7-17(20)22-16(15)6-12(11)2/h5-7,14,19H,8-10H2,1-4H3. The second-order valence-electron chi connectivity index (χ2n) is 5.83. The molecule has 0 amide bonds. The number of likely N-dealkylation sites (N-methyl/N-ethyl adjacent to an activating group) is 1. The SMILES string of the molecule is COCC(O)CN(C)Cc1cc(=O)oc2cc(C)c(C)cc12. The smallest absolute Gasteiger partial charge is 0.336 e. The normalized spacial score (nSPS) is 13.0. The molecule has 1 unspecified atom stereocenters. The lowest BCUT2D eigenvalue weighted by Crippen LogP contribution is -2.31. The summed E-state index contributed by atoms with van der Waals surface area (Å²) in [5.74, 6) is 0. The monoisotopic (exact) mass is 305 g/mol. The van der Waals surface area contributed by atoms with Crippen molar-refractivity contribution in [3.63, 3.8) is 0 Å². The Morgan fingerprint density at radius 2 is 1.95 bits per heavy atom. The van der Waals surface area contributed by atoms with Crippen molar-refractivity contribution in [1.29, 1.82) is 0 Å². The van der Waals surface area contributed by atoms with Gasteiger partial charge in [-0.05, 0) is 49.7 Å². The van der Waals surface area contributed by atoms with Gasteiger partial charge in [0.2, 0.25) is 0 Å². The van der Waals surface area contributed by atoms with Gasteiger partial charge in [-0.25, -0.2) is 4.79 Å². The van der Waals surface area contributed by atoms with Crippen LogP contribution < -0.4 is 5.63 Å². The largest absolute Gasteiger partial charge is 0.423 e. The quantitative estimate of drug-likeness (QED) is 0.825. The number of hydrogen-bond donors (Lipinski definition) is 1. The van der Waals surface area contributed by atoms with Crippen LogP contribution in [0.1, 0.15) is 16.7 Å². The van der Waals surface area contributed by atoms with Gasteiger partial charge in [0, 0.05) is 31.7 Å². The van der Waals surface area contributed by atoms with E-state index in [-0.39, 0.29) is 5.63 Å². The summed E-state index contributed by atoms with van der Waals surface area (Å²) in [6.45, 7) is 5.36. The van der Waals surface area contributed by atoms with Crippen LogP contribution in [0, 0.1) is 13.8 Å². The van der Waals surface area contributed by atoms with Crippen LogP contribution in [0.25, 0.3) is 11.0 Å². The summed E-state index contributed by atoms with van der Waals surface area (Å²) >= 11 is 0. The summed E-state index contributed by atoms with van der Waals surface area (Å²) in [6.07, 6.45) is -0.551. The average molecular weight is 305 g/mol. The number of fused-ring (bicyclic) bond motifs is 1. The molecule has 2 rings (SSSR count). The molecule has 22 heavy (non-hydrogen) atoms. The van der Waals surface area contributed by atoms with E-state index in [0.717, 1.165) is 22.1 Å². The van der Waals surface area contributed by atoms with Crippen molar-refractivity contribution in [2.45, 2.75) is 26.5 Å². The van der Waals surface area contributed by atoms with Gasteiger partial charge in [-0.1, -0.05) is 0 Å². The fourth-order valence-corrected chi connectivity index (χ4v) is 2.57. The Balaban J connectivity index is 2.30. The van der Waals surface area contributed by atoms with Crippen molar-refractivity contribution in [2.24, 2.45) is 0 Å². The third kappa shape index (κ3) is 3.94. The molecule has 1 heterocycles. The molecule has 0 spiro atoms. The minimum absolute atomic E-state index is 0.292. The molecule has 0 bridgehead atoms. The predicted molar refractivity (Wildman–Crippen MR) is 86.2 cm³/mol. The summed E-state index contributed by atoms with van der Waals surface area (Å²) in [7, 11) is 3.46. The van der Waals surface area contributed by atoms with Crippen molar-refractivity contribution < 1.29 is 14.3 Å². The van der Waals surface area contributed by atoms with Crippen LogP contribution >= 0.6 is 0 Å². The van der Waals surface area contributed by atoms with E-state index < -0.39 is 6.10 Å². The van der Waals surface area contributed by atoms with Crippen LogP contribution in [0.4, 0.5) is 0 Å². The maximum atomic E-state index is 11.8. The second kappa shape index (κ2) is 7.05. The summed E-state index contributed by atoms with van der Waals surface area (Å²) in [6, 6.07) is 5.47. The van der Waals surface area contributed by atoms with Crippen LogP contribution in [0.2, 0.25) is 0 Å². The van der Waals surface area contributed by atoms with Crippen LogP contribution in [0.15, 0.2) is 27.4 Å². The first-order valence-corrected chi connectivity index (χ1v) is 7.30. The molecule has 1 atom stereocenters. The molecule has 1 aromatic heterocycles. The van der Waals surface area contributed by atoms with E-state index in [0.29, 0.717) is 25.3 Å². The molecule has 2 aromatic rings. The van der Waals surface area contributed by atoms with Gasteiger partial charge in [0.25, 0.3) is 0 Å². The first-order valence-electron chi connectivity index (χ1n) is 7.30. The van der Waals surface area contributed by atoms with Crippen LogP contribution in [0.3, 0.4) is 0 Å². The summed E-state index contributed by atoms with van der Waals surface area (Å²) in [4.78, 5) is 13.7. The number of aryl methyl sites for hydroxylation is 2. The van der Waals surface area contributed by atoms with Gasteiger partial charge < -0.3 is 14.3 Å². The van der Waals surface area contributed by atoms with E-state index in [1.807, 2.05) is 37.9 Å². The Bertz CT molecular complexity index is 708. The Kier molecular flexibility index (Phi) is 5.34. The maximum Gasteiger partial charge on any atom is 0.336 e. The van der Waals surface area contributed by atoms with E-state index >= 15 is 0 Å². The Morgan fingerprint density at radius 3 is 2.64 bits per heavy atom. The van der Waals surface area contributed by atoms with Crippen LogP contribution in [0.5, 0.6) is 0 Å².